The van der Waals surface area contributed by atoms with Gasteiger partial charge in [-0.05, 0) is 30.3 Å². The predicted molar refractivity (Wildman–Crippen MR) is 278 cm³/mol. The van der Waals surface area contributed by atoms with Gasteiger partial charge < -0.3 is 14.2 Å². The summed E-state index contributed by atoms with van der Waals surface area (Å²) in [5.41, 5.74) is 2.15. The van der Waals surface area contributed by atoms with E-state index in [-0.39, 0.29) is 56.4 Å². The maximum atomic E-state index is 15.1. The number of urea groups is 1. The summed E-state index contributed by atoms with van der Waals surface area (Å²) in [6.45, 7) is 8.09. The van der Waals surface area contributed by atoms with E-state index in [9.17, 15) is 23.6 Å². The molecule has 23 heteroatoms. The van der Waals surface area contributed by atoms with Crippen molar-refractivity contribution in [3.63, 3.8) is 0 Å². The molecule has 10 rings (SSSR count). The topological polar surface area (TPSA) is 185 Å². The van der Waals surface area contributed by atoms with E-state index >= 15 is 4.39 Å². The number of nitrogens with zero attached hydrogens (tertiary/aromatic N) is 10. The zero-order chi connectivity index (χ0) is 52.4. The number of methoxy groups -OCH3 is 1. The second kappa shape index (κ2) is 22.4. The van der Waals surface area contributed by atoms with Crippen LogP contribution in [-0.4, -0.2) is 179 Å². The summed E-state index contributed by atoms with van der Waals surface area (Å²) < 4.78 is 56.9. The van der Waals surface area contributed by atoms with Crippen LogP contribution in [0.4, 0.5) is 30.6 Å². The first-order valence-electron chi connectivity index (χ1n) is 24.7. The fraction of sp³-hybridized carbons (Fsp3) is 0.365. The Kier molecular flexibility index (Phi) is 15.5. The van der Waals surface area contributed by atoms with Crippen molar-refractivity contribution in [1.29, 1.82) is 0 Å². The Morgan fingerprint density at radius 1 is 0.867 bits per heavy atom. The first-order valence-corrected chi connectivity index (χ1v) is 28.7. The summed E-state index contributed by atoms with van der Waals surface area (Å²) in [7, 11) is 1.48. The first kappa shape index (κ1) is 51.9. The van der Waals surface area contributed by atoms with Gasteiger partial charge >= 0.3 is 303 Å². The molecule has 0 spiro atoms. The molecular formula is C52H56F2InN11O8S. The van der Waals surface area contributed by atoms with Crippen molar-refractivity contribution in [1.82, 2.24) is 32.4 Å². The molecule has 2 N–H and O–H groups in total. The van der Waals surface area contributed by atoms with E-state index < -0.39 is 69.5 Å². The molecule has 4 saturated heterocycles. The number of carbonyl (C=O) groups excluding carboxylic acids is 4. The number of anilines is 3. The molecule has 4 aromatic carbocycles. The normalized spacial score (nSPS) is 21.9. The Bertz CT molecular complexity index is 2950. The van der Waals surface area contributed by atoms with Crippen molar-refractivity contribution in [3.05, 3.63) is 144 Å². The average molecular weight is 1150 g/mol. The van der Waals surface area contributed by atoms with E-state index in [1.807, 2.05) is 83.5 Å². The number of carbonyl (C=O) groups is 4. The quantitative estimate of drug-likeness (QED) is 0.109. The fourth-order valence-corrected chi connectivity index (χ4v) is 15.8. The Balaban J connectivity index is 0.759. The summed E-state index contributed by atoms with van der Waals surface area (Å²) in [6, 6.07) is 27.6. The van der Waals surface area contributed by atoms with Gasteiger partial charge in [-0.1, -0.05) is 6.07 Å². The minimum atomic E-state index is -2.33. The second-order valence-corrected chi connectivity index (χ2v) is 23.8. The third kappa shape index (κ3) is 10.7. The standard InChI is InChI=1S/C52H56F2N11O8S.In/c1-35(2)64-50(74-55)47(57-29-42(70-3)28-45(66)49(68)62-25-23-61(24-26-62)48(67)36-7-5-4-6-8-36)65(51(64)69)40-12-10-38(11-13-40)59-19-21-60(22-20-59)39-14-16-41(17-15-39)71-30-46-72-32-52(73-46,31-63-34-56-33-58-63)43-18-9-37(53)27-44(43)54;/h4-18,27,29,33-35,46-47,50H,19-26,30-32,55H2,1-3H3;/q-1;+1/t46-,47?,50?,52+;/m0./s1. The molecule has 0 radical (unpaired) electrons. The van der Waals surface area contributed by atoms with Crippen molar-refractivity contribution in [2.75, 3.05) is 87.4 Å². The number of allylic oxidation sites excluding steroid dienone is 1. The molecule has 4 amide bonds. The molecule has 5 aliphatic heterocycles. The third-order valence-electron chi connectivity index (χ3n) is 14.1. The van der Waals surface area contributed by atoms with E-state index in [1.165, 1.54) is 41.5 Å². The zero-order valence-corrected chi connectivity index (χ0v) is 45.7. The number of ether oxygens (including phenoxy) is 4. The molecule has 5 aliphatic rings. The average Bonchev–Trinajstić information content (AvgIpc) is 4.29. The van der Waals surface area contributed by atoms with Crippen molar-refractivity contribution in [2.45, 2.75) is 49.9 Å². The van der Waals surface area contributed by atoms with Gasteiger partial charge in [0.05, 0.1) is 13.2 Å². The van der Waals surface area contributed by atoms with Gasteiger partial charge in [0.2, 0.25) is 0 Å². The summed E-state index contributed by atoms with van der Waals surface area (Å²) in [6.07, 6.45) is 3.21. The number of hydrogen-bond donors (Lipinski definition) is 1. The van der Waals surface area contributed by atoms with Crippen LogP contribution in [0.2, 0.25) is 0 Å². The van der Waals surface area contributed by atoms with Crippen LogP contribution in [0.1, 0.15) is 29.8 Å². The van der Waals surface area contributed by atoms with E-state index in [2.05, 4.69) is 19.9 Å². The molecule has 6 heterocycles. The van der Waals surface area contributed by atoms with E-state index in [0.29, 0.717) is 39.1 Å². The number of piperazine rings is 2. The molecule has 390 valence electrons. The van der Waals surface area contributed by atoms with Crippen LogP contribution in [0.15, 0.2) is 122 Å². The number of benzene rings is 4. The van der Waals surface area contributed by atoms with Crippen LogP contribution < -0.4 is 24.6 Å². The van der Waals surface area contributed by atoms with Gasteiger partial charge in [-0.2, -0.15) is 5.10 Å². The molecule has 0 aliphatic carbocycles. The predicted octanol–water partition coefficient (Wildman–Crippen LogP) is 4.29. The van der Waals surface area contributed by atoms with Crippen LogP contribution in [0.5, 0.6) is 5.75 Å². The van der Waals surface area contributed by atoms with E-state index in [4.69, 9.17) is 24.1 Å². The molecule has 1 aromatic heterocycles. The Morgan fingerprint density at radius 3 is 2.13 bits per heavy atom. The summed E-state index contributed by atoms with van der Waals surface area (Å²) in [4.78, 5) is 70.6. The van der Waals surface area contributed by atoms with Gasteiger partial charge in [-0.3, -0.25) is 0 Å². The number of nitrogens with two attached hydrogens (primary N) is 1. The van der Waals surface area contributed by atoms with Gasteiger partial charge in [0.1, 0.15) is 42.2 Å². The molecule has 4 fully saturated rings. The van der Waals surface area contributed by atoms with Crippen molar-refractivity contribution in [2.24, 2.45) is 5.14 Å². The van der Waals surface area contributed by atoms with Crippen LogP contribution in [0.3, 0.4) is 0 Å². The van der Waals surface area contributed by atoms with Crippen molar-refractivity contribution in [3.8, 4) is 5.75 Å². The number of ketones is 1. The van der Waals surface area contributed by atoms with E-state index in [1.54, 1.807) is 33.0 Å². The number of amides is 4. The summed E-state index contributed by atoms with van der Waals surface area (Å²) >= 11 is -1.26. The molecule has 0 bridgehead atoms. The van der Waals surface area contributed by atoms with Gasteiger partial charge in [0, 0.05) is 11.6 Å². The molecule has 2 unspecified atom stereocenters. The molecule has 0 saturated carbocycles. The second-order valence-electron chi connectivity index (χ2n) is 18.9. The summed E-state index contributed by atoms with van der Waals surface area (Å²) in [5.74, 6) is -1.88. The molecule has 19 nitrogen and oxygen atoms in total. The summed E-state index contributed by atoms with van der Waals surface area (Å²) in [5, 5.41) is 10.0. The van der Waals surface area contributed by atoms with Gasteiger partial charge in [-0.25, -0.2) is 18.4 Å². The number of Topliss-reactive ketones (excluding diaryl/α,β-unsaturated/α-hetero) is 1. The Morgan fingerprint density at radius 2 is 1.52 bits per heavy atom. The number of aromatic nitrogens is 3. The van der Waals surface area contributed by atoms with Crippen LogP contribution in [0.25, 0.3) is 0 Å². The SMILES string of the molecule is COC1=C[N](C2C(SN)N(C(C)C)C(=O)N2c2ccc(N3CCN(c4ccc(OC[C@H]5OC[C@](Cn6cncn6)(c6ccc(F)cc6F)O5)cc4)CC3)cc2)[In]=[C]1C(=O)C(=O)N1CCN(C(=O)c2ccccc2)CC1. The van der Waals surface area contributed by atoms with Crippen LogP contribution in [0, 0.1) is 11.6 Å². The Labute approximate surface area is 448 Å². The van der Waals surface area contributed by atoms with Crippen LogP contribution >= 0.6 is 11.9 Å². The van der Waals surface area contributed by atoms with Gasteiger partial charge in [0.15, 0.2) is 6.29 Å². The number of halogens is 2. The molecular weight excluding hydrogens is 1090 g/mol. The number of rotatable bonds is 16. The molecule has 4 atom stereocenters. The van der Waals surface area contributed by atoms with Gasteiger partial charge in [0.25, 0.3) is 0 Å². The first-order chi connectivity index (χ1) is 36.3. The molecule has 75 heavy (non-hydrogen) atoms. The number of hydrogen-bond acceptors (Lipinski definition) is 15. The Hall–Kier alpha value is -6.53. The third-order valence-corrected chi connectivity index (χ3v) is 19.3. The maximum absolute atomic E-state index is 15.1. The van der Waals surface area contributed by atoms with Crippen molar-refractivity contribution >= 4 is 78.6 Å². The van der Waals surface area contributed by atoms with E-state index in [0.717, 1.165) is 55.6 Å². The fourth-order valence-electron chi connectivity index (χ4n) is 10.2. The van der Waals surface area contributed by atoms with Crippen LogP contribution in [-0.2, 0) is 35.9 Å². The van der Waals surface area contributed by atoms with Crippen molar-refractivity contribution < 1.29 is 46.9 Å². The zero-order valence-electron chi connectivity index (χ0n) is 41.6. The monoisotopic (exact) mass is 1150 g/mol. The van der Waals surface area contributed by atoms with Gasteiger partial charge in [-0.15, -0.1) is 0 Å². The minimum absolute atomic E-state index is 0.00503. The molecule has 5 aromatic rings.